The largest absolute Gasteiger partial charge is 0.494 e. The number of nitrogens with one attached hydrogen (secondary N) is 1. The Balaban J connectivity index is 1.56. The van der Waals surface area contributed by atoms with E-state index in [1.165, 1.54) is 0 Å². The second-order valence-electron chi connectivity index (χ2n) is 6.00. The van der Waals surface area contributed by atoms with Gasteiger partial charge >= 0.3 is 0 Å². The minimum absolute atomic E-state index is 0.250. The highest BCUT2D eigenvalue weighted by Gasteiger charge is 2.16. The number of hydrogen-bond donors (Lipinski definition) is 1. The Labute approximate surface area is 172 Å². The number of hydrogen-bond acceptors (Lipinski definition) is 7. The fourth-order valence-corrected chi connectivity index (χ4v) is 4.70. The van der Waals surface area contributed by atoms with Crippen molar-refractivity contribution in [3.8, 4) is 28.6 Å². The first-order chi connectivity index (χ1) is 14.0. The normalized spacial score (nSPS) is 11.3. The van der Waals surface area contributed by atoms with E-state index >= 15 is 0 Å². The van der Waals surface area contributed by atoms with E-state index in [9.17, 15) is 8.42 Å². The predicted molar refractivity (Wildman–Crippen MR) is 111 cm³/mol. The number of sulfonamides is 1. The zero-order valence-corrected chi connectivity index (χ0v) is 17.0. The molecule has 0 aliphatic heterocycles. The van der Waals surface area contributed by atoms with Gasteiger partial charge in [-0.1, -0.05) is 23.4 Å². The van der Waals surface area contributed by atoms with Crippen LogP contribution in [0.4, 0.5) is 5.69 Å². The fourth-order valence-electron chi connectivity index (χ4n) is 2.66. The van der Waals surface area contributed by atoms with Crippen molar-refractivity contribution in [2.75, 3.05) is 11.3 Å². The molecule has 0 aliphatic carbocycles. The first kappa shape index (κ1) is 19.2. The highest BCUT2D eigenvalue weighted by molar-refractivity contribution is 7.94. The highest BCUT2D eigenvalue weighted by Crippen LogP contribution is 2.27. The number of nitrogens with zero attached hydrogens (tertiary/aromatic N) is 2. The molecule has 0 spiro atoms. The summed E-state index contributed by atoms with van der Waals surface area (Å²) in [7, 11) is -3.62. The number of rotatable bonds is 7. The monoisotopic (exact) mass is 427 g/mol. The summed E-state index contributed by atoms with van der Waals surface area (Å²) in [5, 5.41) is 5.73. The van der Waals surface area contributed by atoms with Crippen molar-refractivity contribution < 1.29 is 17.7 Å². The van der Waals surface area contributed by atoms with E-state index in [1.54, 1.807) is 41.8 Å². The van der Waals surface area contributed by atoms with Crippen LogP contribution < -0.4 is 9.46 Å². The van der Waals surface area contributed by atoms with Gasteiger partial charge < -0.3 is 9.26 Å². The molecular formula is C20H17N3O4S2. The Bertz CT molecular complexity index is 1200. The molecule has 0 unspecified atom stereocenters. The lowest BCUT2D eigenvalue weighted by Gasteiger charge is -2.06. The third-order valence-corrected chi connectivity index (χ3v) is 6.75. The van der Waals surface area contributed by atoms with Crippen molar-refractivity contribution >= 4 is 27.0 Å². The number of thiophene rings is 1. The molecule has 2 aromatic carbocycles. The van der Waals surface area contributed by atoms with E-state index in [1.807, 2.05) is 31.2 Å². The molecule has 7 nitrogen and oxygen atoms in total. The number of ether oxygens (including phenoxy) is 1. The molecule has 4 rings (SSSR count). The summed E-state index contributed by atoms with van der Waals surface area (Å²) in [6, 6.07) is 17.5. The third kappa shape index (κ3) is 4.30. The molecule has 0 fully saturated rings. The summed E-state index contributed by atoms with van der Waals surface area (Å²) in [6.07, 6.45) is 0. The molecule has 148 valence electrons. The topological polar surface area (TPSA) is 94.3 Å². The van der Waals surface area contributed by atoms with Gasteiger partial charge in [0.25, 0.3) is 15.9 Å². The van der Waals surface area contributed by atoms with Crippen LogP contribution in [0.3, 0.4) is 0 Å². The van der Waals surface area contributed by atoms with Gasteiger partial charge in [-0.05, 0) is 54.8 Å². The van der Waals surface area contributed by atoms with Crippen molar-refractivity contribution in [3.63, 3.8) is 0 Å². The van der Waals surface area contributed by atoms with Crippen LogP contribution in [0.25, 0.3) is 22.8 Å². The summed E-state index contributed by atoms with van der Waals surface area (Å²) < 4.78 is 38.4. The molecule has 2 heterocycles. The number of aromatic nitrogens is 2. The van der Waals surface area contributed by atoms with Gasteiger partial charge in [-0.25, -0.2) is 8.42 Å². The Morgan fingerprint density at radius 1 is 1.07 bits per heavy atom. The van der Waals surface area contributed by atoms with Gasteiger partial charge in [0.05, 0.1) is 6.61 Å². The maximum atomic E-state index is 12.4. The summed E-state index contributed by atoms with van der Waals surface area (Å²) in [6.45, 7) is 2.52. The van der Waals surface area contributed by atoms with Gasteiger partial charge in [0.15, 0.2) is 0 Å². The molecule has 0 saturated heterocycles. The molecule has 0 bridgehead atoms. The van der Waals surface area contributed by atoms with E-state index in [0.29, 0.717) is 29.6 Å². The van der Waals surface area contributed by atoms with Crippen LogP contribution in [-0.2, 0) is 10.0 Å². The van der Waals surface area contributed by atoms with Crippen LogP contribution in [0.2, 0.25) is 0 Å². The fraction of sp³-hybridized carbons (Fsp3) is 0.100. The van der Waals surface area contributed by atoms with Crippen LogP contribution in [-0.4, -0.2) is 25.2 Å². The molecule has 0 saturated carbocycles. The van der Waals surface area contributed by atoms with Crippen molar-refractivity contribution in [3.05, 3.63) is 66.0 Å². The maximum Gasteiger partial charge on any atom is 0.271 e. The van der Waals surface area contributed by atoms with Crippen molar-refractivity contribution in [2.24, 2.45) is 0 Å². The summed E-state index contributed by atoms with van der Waals surface area (Å²) in [5.74, 6) is 1.50. The van der Waals surface area contributed by atoms with Gasteiger partial charge in [0.1, 0.15) is 9.96 Å². The molecule has 2 aromatic heterocycles. The quantitative estimate of drug-likeness (QED) is 0.461. The molecule has 0 atom stereocenters. The summed E-state index contributed by atoms with van der Waals surface area (Å²) >= 11 is 1.16. The van der Waals surface area contributed by atoms with Crippen LogP contribution in [0.1, 0.15) is 6.92 Å². The number of anilines is 1. The van der Waals surface area contributed by atoms with E-state index in [4.69, 9.17) is 9.26 Å². The van der Waals surface area contributed by atoms with E-state index in [0.717, 1.165) is 22.6 Å². The molecular weight excluding hydrogens is 410 g/mol. The third-order valence-electron chi connectivity index (χ3n) is 3.97. The summed E-state index contributed by atoms with van der Waals surface area (Å²) in [5.41, 5.74) is 1.82. The Morgan fingerprint density at radius 3 is 2.62 bits per heavy atom. The lowest BCUT2D eigenvalue weighted by Crippen LogP contribution is -2.11. The second kappa shape index (κ2) is 8.06. The van der Waals surface area contributed by atoms with Gasteiger partial charge in [-0.3, -0.25) is 4.72 Å². The zero-order chi connectivity index (χ0) is 20.3. The van der Waals surface area contributed by atoms with E-state index in [2.05, 4.69) is 14.9 Å². The SMILES string of the molecule is CCOc1ccc(-c2nc(-c3cccc(NS(=O)(=O)c4cccs4)c3)no2)cc1. The second-order valence-corrected chi connectivity index (χ2v) is 8.86. The Hall–Kier alpha value is -3.17. The first-order valence-electron chi connectivity index (χ1n) is 8.79. The van der Waals surface area contributed by atoms with Crippen molar-refractivity contribution in [1.82, 2.24) is 10.1 Å². The summed E-state index contributed by atoms with van der Waals surface area (Å²) in [4.78, 5) is 4.42. The van der Waals surface area contributed by atoms with Gasteiger partial charge in [-0.2, -0.15) is 4.98 Å². The van der Waals surface area contributed by atoms with Gasteiger partial charge in [-0.15, -0.1) is 11.3 Å². The minimum atomic E-state index is -3.62. The van der Waals surface area contributed by atoms with Crippen molar-refractivity contribution in [1.29, 1.82) is 0 Å². The first-order valence-corrected chi connectivity index (χ1v) is 11.1. The molecule has 1 N–H and O–H groups in total. The number of benzene rings is 2. The van der Waals surface area contributed by atoms with E-state index in [-0.39, 0.29) is 4.21 Å². The molecule has 0 amide bonds. The average Bonchev–Trinajstić information content (AvgIpc) is 3.42. The minimum Gasteiger partial charge on any atom is -0.494 e. The van der Waals surface area contributed by atoms with Crippen LogP contribution >= 0.6 is 11.3 Å². The molecule has 0 radical (unpaired) electrons. The van der Waals surface area contributed by atoms with Gasteiger partial charge in [0, 0.05) is 16.8 Å². The maximum absolute atomic E-state index is 12.4. The van der Waals surface area contributed by atoms with Crippen molar-refractivity contribution in [2.45, 2.75) is 11.1 Å². The van der Waals surface area contributed by atoms with Gasteiger partial charge in [0.2, 0.25) is 5.82 Å². The highest BCUT2D eigenvalue weighted by atomic mass is 32.2. The van der Waals surface area contributed by atoms with Crippen LogP contribution in [0.5, 0.6) is 5.75 Å². The lowest BCUT2D eigenvalue weighted by molar-refractivity contribution is 0.340. The standard InChI is InChI=1S/C20H17N3O4S2/c1-2-26-17-10-8-14(9-11-17)20-21-19(22-27-20)15-5-3-6-16(13-15)23-29(24,25)18-7-4-12-28-18/h3-13,23H,2H2,1H3. The zero-order valence-electron chi connectivity index (χ0n) is 15.4. The average molecular weight is 428 g/mol. The molecule has 0 aliphatic rings. The van der Waals surface area contributed by atoms with Crippen LogP contribution in [0.15, 0.2) is 74.8 Å². The Morgan fingerprint density at radius 2 is 1.90 bits per heavy atom. The lowest BCUT2D eigenvalue weighted by atomic mass is 10.2. The van der Waals surface area contributed by atoms with Crippen LogP contribution in [0, 0.1) is 0 Å². The Kier molecular flexibility index (Phi) is 5.32. The van der Waals surface area contributed by atoms with E-state index < -0.39 is 10.0 Å². The predicted octanol–water partition coefficient (Wildman–Crippen LogP) is 4.66. The molecule has 4 aromatic rings. The molecule has 29 heavy (non-hydrogen) atoms. The smallest absolute Gasteiger partial charge is 0.271 e. The molecule has 9 heteroatoms.